The van der Waals surface area contributed by atoms with Gasteiger partial charge in [-0.15, -0.1) is 0 Å². The smallest absolute Gasteiger partial charge is 0.256 e. The monoisotopic (exact) mass is 578 g/mol. The molecule has 12 heteroatoms. The minimum absolute atomic E-state index is 0.291. The van der Waals surface area contributed by atoms with Crippen molar-refractivity contribution in [1.29, 1.82) is 0 Å². The number of carbonyl (C=O) groups is 1. The number of rotatable bonds is 12. The summed E-state index contributed by atoms with van der Waals surface area (Å²) in [6.07, 6.45) is 13.7. The van der Waals surface area contributed by atoms with Crippen LogP contribution >= 0.6 is 0 Å². The Morgan fingerprint density at radius 2 is 1.78 bits per heavy atom. The molecule has 41 heavy (non-hydrogen) atoms. The molecule has 0 bridgehead atoms. The maximum absolute atomic E-state index is 12.5. The molecule has 11 nitrogen and oxygen atoms in total. The number of nitrogens with one attached hydrogen (secondary N) is 2. The molecule has 0 amide bonds. The number of anilines is 3. The fourth-order valence-electron chi connectivity index (χ4n) is 5.74. The van der Waals surface area contributed by atoms with Crippen LogP contribution in [0, 0.1) is 11.8 Å². The van der Waals surface area contributed by atoms with Gasteiger partial charge in [0.05, 0.1) is 40.2 Å². The zero-order valence-corrected chi connectivity index (χ0v) is 24.5. The van der Waals surface area contributed by atoms with Crippen LogP contribution in [-0.2, 0) is 10.0 Å². The van der Waals surface area contributed by atoms with E-state index in [1.165, 1.54) is 38.1 Å². The van der Waals surface area contributed by atoms with E-state index in [1.807, 2.05) is 6.07 Å². The Morgan fingerprint density at radius 3 is 2.46 bits per heavy atom. The van der Waals surface area contributed by atoms with Crippen LogP contribution < -0.4 is 10.6 Å². The molecule has 3 aliphatic rings. The molecule has 0 atom stereocenters. The lowest BCUT2D eigenvalue weighted by Gasteiger charge is -2.30. The van der Waals surface area contributed by atoms with E-state index >= 15 is 0 Å². The summed E-state index contributed by atoms with van der Waals surface area (Å²) in [7, 11) is 0.813. The van der Waals surface area contributed by atoms with Gasteiger partial charge in [0, 0.05) is 31.3 Å². The lowest BCUT2D eigenvalue weighted by atomic mass is 9.81. The first-order valence-corrected chi connectivity index (χ1v) is 16.1. The van der Waals surface area contributed by atoms with Gasteiger partial charge in [-0.25, -0.2) is 23.4 Å². The minimum atomic E-state index is -3.46. The highest BCUT2D eigenvalue weighted by atomic mass is 32.2. The molecular weight excluding hydrogens is 540 g/mol. The zero-order valence-electron chi connectivity index (χ0n) is 23.7. The van der Waals surface area contributed by atoms with E-state index < -0.39 is 10.0 Å². The van der Waals surface area contributed by atoms with Crippen LogP contribution in [0.5, 0.6) is 0 Å². The first kappa shape index (κ1) is 27.8. The number of hydrogen-bond donors (Lipinski definition) is 2. The van der Waals surface area contributed by atoms with Crippen LogP contribution in [0.2, 0.25) is 0 Å². The third kappa shape index (κ3) is 6.43. The quantitative estimate of drug-likeness (QED) is 0.300. The maximum Gasteiger partial charge on any atom is 0.256 e. The number of pyridine rings is 1. The molecule has 3 saturated carbocycles. The predicted octanol–water partition coefficient (Wildman–Crippen LogP) is 4.29. The van der Waals surface area contributed by atoms with Gasteiger partial charge in [0.25, 0.3) is 10.0 Å². The van der Waals surface area contributed by atoms with E-state index in [9.17, 15) is 13.2 Å². The minimum Gasteiger partial charge on any atom is -0.384 e. The topological polar surface area (TPSA) is 135 Å². The van der Waals surface area contributed by atoms with Crippen molar-refractivity contribution < 1.29 is 13.2 Å². The normalized spacial score (nSPS) is 21.1. The number of aldehydes is 1. The third-order valence-corrected chi connectivity index (χ3v) is 10.3. The molecule has 3 heterocycles. The Hall–Kier alpha value is -3.38. The van der Waals surface area contributed by atoms with E-state index in [0.29, 0.717) is 53.3 Å². The second-order valence-corrected chi connectivity index (χ2v) is 14.1. The van der Waals surface area contributed by atoms with Gasteiger partial charge in [-0.3, -0.25) is 4.79 Å². The van der Waals surface area contributed by atoms with Crippen molar-refractivity contribution in [3.05, 3.63) is 42.0 Å². The maximum atomic E-state index is 12.5. The average molecular weight is 579 g/mol. The van der Waals surface area contributed by atoms with Crippen molar-refractivity contribution in [2.45, 2.75) is 62.5 Å². The molecule has 3 fully saturated rings. The molecule has 6 rings (SSSR count). The highest BCUT2D eigenvalue weighted by molar-refractivity contribution is 7.90. The second-order valence-electron chi connectivity index (χ2n) is 12.0. The number of carbonyl (C=O) groups excluding carboxylic acids is 1. The molecule has 3 aromatic rings. The van der Waals surface area contributed by atoms with Crippen molar-refractivity contribution in [3.8, 4) is 11.4 Å². The SMILES string of the molecule is CN(C)CC1CCC(CNc2cc(Nc3ccnc(-c4cnn(S(=O)(=O)C5CC5)c4)n3)nc(C3CC3)c2C=O)CC1. The highest BCUT2D eigenvalue weighted by Crippen LogP contribution is 2.43. The van der Waals surface area contributed by atoms with Crippen LogP contribution in [0.15, 0.2) is 30.7 Å². The summed E-state index contributed by atoms with van der Waals surface area (Å²) in [5, 5.41) is 10.6. The molecule has 3 aromatic heterocycles. The molecule has 3 aliphatic carbocycles. The Labute approximate surface area is 241 Å². The number of hydrogen-bond acceptors (Lipinski definition) is 10. The molecule has 0 aromatic carbocycles. The van der Waals surface area contributed by atoms with Crippen LogP contribution in [0.25, 0.3) is 11.4 Å². The first-order valence-electron chi connectivity index (χ1n) is 14.6. The van der Waals surface area contributed by atoms with Crippen molar-refractivity contribution >= 4 is 33.6 Å². The summed E-state index contributed by atoms with van der Waals surface area (Å²) in [4.78, 5) is 28.2. The summed E-state index contributed by atoms with van der Waals surface area (Å²) in [5.41, 5.74) is 2.79. The van der Waals surface area contributed by atoms with Crippen LogP contribution in [0.1, 0.15) is 73.3 Å². The molecule has 0 spiro atoms. The second kappa shape index (κ2) is 11.5. The molecule has 0 unspecified atom stereocenters. The van der Waals surface area contributed by atoms with Crippen molar-refractivity contribution in [1.82, 2.24) is 29.0 Å². The summed E-state index contributed by atoms with van der Waals surface area (Å²) in [6, 6.07) is 3.62. The van der Waals surface area contributed by atoms with Gasteiger partial charge in [0.15, 0.2) is 12.1 Å². The Balaban J connectivity index is 1.18. The van der Waals surface area contributed by atoms with Gasteiger partial charge in [-0.1, -0.05) is 0 Å². The van der Waals surface area contributed by atoms with Gasteiger partial charge < -0.3 is 15.5 Å². The van der Waals surface area contributed by atoms with Crippen molar-refractivity contribution in [2.75, 3.05) is 37.8 Å². The van der Waals surface area contributed by atoms with E-state index in [2.05, 4.69) is 44.7 Å². The van der Waals surface area contributed by atoms with E-state index in [4.69, 9.17) is 4.98 Å². The van der Waals surface area contributed by atoms with Crippen LogP contribution in [0.4, 0.5) is 17.3 Å². The van der Waals surface area contributed by atoms with E-state index in [-0.39, 0.29) is 5.25 Å². The lowest BCUT2D eigenvalue weighted by Crippen LogP contribution is -2.28. The van der Waals surface area contributed by atoms with Gasteiger partial charge in [-0.05, 0) is 83.4 Å². The Bertz CT molecular complexity index is 1510. The zero-order chi connectivity index (χ0) is 28.6. The summed E-state index contributed by atoms with van der Waals surface area (Å²) < 4.78 is 26.1. The van der Waals surface area contributed by atoms with Gasteiger partial charge in [0.2, 0.25) is 0 Å². The Morgan fingerprint density at radius 1 is 1.02 bits per heavy atom. The van der Waals surface area contributed by atoms with Crippen molar-refractivity contribution in [3.63, 3.8) is 0 Å². The summed E-state index contributed by atoms with van der Waals surface area (Å²) >= 11 is 0. The molecule has 2 N–H and O–H groups in total. The van der Waals surface area contributed by atoms with E-state index in [1.54, 1.807) is 12.3 Å². The number of nitrogens with zero attached hydrogens (tertiary/aromatic N) is 6. The fraction of sp³-hybridized carbons (Fsp3) is 0.552. The van der Waals surface area contributed by atoms with Crippen molar-refractivity contribution in [2.24, 2.45) is 11.8 Å². The van der Waals surface area contributed by atoms with E-state index in [0.717, 1.165) is 53.6 Å². The first-order chi connectivity index (χ1) is 19.8. The molecule has 0 radical (unpaired) electrons. The largest absolute Gasteiger partial charge is 0.384 e. The predicted molar refractivity (Wildman–Crippen MR) is 158 cm³/mol. The molecule has 0 aliphatic heterocycles. The number of aromatic nitrogens is 5. The lowest BCUT2D eigenvalue weighted by molar-refractivity contribution is 0.112. The van der Waals surface area contributed by atoms with Gasteiger partial charge in [0.1, 0.15) is 11.6 Å². The van der Waals surface area contributed by atoms with Gasteiger partial charge >= 0.3 is 0 Å². The molecular formula is C29H38N8O3S. The summed E-state index contributed by atoms with van der Waals surface area (Å²) in [5.74, 6) is 3.12. The molecule has 218 valence electrons. The fourth-order valence-corrected chi connectivity index (χ4v) is 7.22. The third-order valence-electron chi connectivity index (χ3n) is 8.28. The Kier molecular flexibility index (Phi) is 7.78. The molecule has 0 saturated heterocycles. The highest BCUT2D eigenvalue weighted by Gasteiger charge is 2.37. The van der Waals surface area contributed by atoms with Crippen LogP contribution in [-0.4, -0.2) is 76.2 Å². The van der Waals surface area contributed by atoms with Crippen LogP contribution in [0.3, 0.4) is 0 Å². The standard InChI is InChI=1S/C29H38N8O3S/c1-36(2)16-20-5-3-19(4-6-20)14-31-25-13-27(34-28(21-7-8-21)24(25)18-38)33-26-11-12-30-29(35-26)22-15-32-37(17-22)41(39,40)23-9-10-23/h11-13,15,17-21,23H,3-10,14,16H2,1-2H3,(H2,30,31,33,34,35). The summed E-state index contributed by atoms with van der Waals surface area (Å²) in [6.45, 7) is 1.97. The average Bonchev–Trinajstić information content (AvgIpc) is 3.90. The van der Waals surface area contributed by atoms with Gasteiger partial charge in [-0.2, -0.15) is 9.19 Å².